The lowest BCUT2D eigenvalue weighted by molar-refractivity contribution is -0.385. The molecule has 0 bridgehead atoms. The molecule has 65 heavy (non-hydrogen) atoms. The summed E-state index contributed by atoms with van der Waals surface area (Å²) in [6, 6.07) is 28.4. The predicted molar refractivity (Wildman–Crippen MR) is 236 cm³/mol. The van der Waals surface area contributed by atoms with Crippen LogP contribution in [0.4, 0.5) is 68.2 Å². The third kappa shape index (κ3) is 10.5. The number of nitrogens with zero attached hydrogens (tertiary/aromatic N) is 6. The van der Waals surface area contributed by atoms with Crippen molar-refractivity contribution in [2.45, 2.75) is 9.79 Å². The monoisotopic (exact) mass is 922 g/mol. The summed E-state index contributed by atoms with van der Waals surface area (Å²) >= 11 is 0. The number of fused-ring (bicyclic) bond motifs is 1. The number of nitro groups is 2. The van der Waals surface area contributed by atoms with E-state index < -0.39 is 57.0 Å². The Hall–Kier alpha value is -8.78. The summed E-state index contributed by atoms with van der Waals surface area (Å²) in [4.78, 5) is 19.1. The van der Waals surface area contributed by atoms with Gasteiger partial charge in [-0.25, -0.2) is 0 Å². The molecule has 0 atom stereocenters. The molecule has 0 heterocycles. The van der Waals surface area contributed by atoms with E-state index in [0.29, 0.717) is 22.7 Å². The van der Waals surface area contributed by atoms with Crippen LogP contribution in [0.3, 0.4) is 0 Å². The van der Waals surface area contributed by atoms with Crippen LogP contribution in [0, 0.1) is 20.2 Å². The first-order valence-electron chi connectivity index (χ1n) is 18.3. The maximum atomic E-state index is 12.3. The van der Waals surface area contributed by atoms with E-state index >= 15 is 0 Å². The molecule has 0 aromatic heterocycles. The van der Waals surface area contributed by atoms with Crippen molar-refractivity contribution in [3.05, 3.63) is 148 Å². The van der Waals surface area contributed by atoms with Crippen LogP contribution >= 0.6 is 0 Å². The predicted octanol–water partition coefficient (Wildman–Crippen LogP) is 10.0. The Labute approximate surface area is 365 Å². The average Bonchev–Trinajstić information content (AvgIpc) is 3.25. The number of nitrogens with one attached hydrogen (secondary N) is 4. The van der Waals surface area contributed by atoms with E-state index in [2.05, 4.69) is 41.9 Å². The smallest absolute Gasteiger partial charge is 0.296 e. The number of hydrogen-bond acceptors (Lipinski definition) is 19. The lowest BCUT2D eigenvalue weighted by atomic mass is 10.1. The first-order chi connectivity index (χ1) is 30.8. The molecule has 0 aliphatic rings. The Kier molecular flexibility index (Phi) is 12.2. The minimum Gasteiger partial charge on any atom is -0.506 e. The number of phenolic OH excluding ortho intramolecular Hbond substituents is 3. The maximum absolute atomic E-state index is 12.3. The number of nitro benzene ring substituents is 2. The summed E-state index contributed by atoms with van der Waals surface area (Å²) in [6.45, 7) is 0. The van der Waals surface area contributed by atoms with Crippen molar-refractivity contribution in [1.29, 1.82) is 0 Å². The second kappa shape index (κ2) is 17.9. The standard InChI is InChI=1S/C40H30N10O13S2/c51-35-19-26(8-14-32(35)46-43-24-3-1-23(2-4-24)42-34-16-12-30(50(56)57)21-37(34)64(58,59)60)41-27-9-15-33(36(52)20-27)47-45-28-7-13-31-22(17-28)18-38(65(61,62)63)39(40(31)53)48-44-25-5-10-29(11-6-25)49(54)55/h1-21,41-43,46,51-53H,(H,58,59,60)(H,61,62,63). The highest BCUT2D eigenvalue weighted by Gasteiger charge is 2.23. The van der Waals surface area contributed by atoms with Crippen LogP contribution in [0.2, 0.25) is 0 Å². The number of benzene rings is 7. The van der Waals surface area contributed by atoms with Gasteiger partial charge in [-0.2, -0.15) is 27.1 Å². The Morgan fingerprint density at radius 3 is 1.69 bits per heavy atom. The van der Waals surface area contributed by atoms with E-state index in [1.165, 1.54) is 48.5 Å². The number of hydrazine groups is 1. The molecule has 0 aliphatic carbocycles. The molecule has 0 fully saturated rings. The summed E-state index contributed by atoms with van der Waals surface area (Å²) in [5, 5.41) is 76.3. The second-order valence-corrected chi connectivity index (χ2v) is 16.3. The van der Waals surface area contributed by atoms with Gasteiger partial charge in [0, 0.05) is 58.8 Å². The van der Waals surface area contributed by atoms with Gasteiger partial charge in [0.1, 0.15) is 32.7 Å². The first kappa shape index (κ1) is 44.3. The van der Waals surface area contributed by atoms with Gasteiger partial charge in [0.15, 0.2) is 5.75 Å². The highest BCUT2D eigenvalue weighted by Crippen LogP contribution is 2.43. The summed E-state index contributed by atoms with van der Waals surface area (Å²) in [5.41, 5.74) is 6.72. The molecule has 0 saturated heterocycles. The Balaban J connectivity index is 0.986. The normalized spacial score (nSPS) is 11.8. The molecule has 9 N–H and O–H groups in total. The second-order valence-electron chi connectivity index (χ2n) is 13.6. The molecule has 0 saturated carbocycles. The maximum Gasteiger partial charge on any atom is 0.296 e. The van der Waals surface area contributed by atoms with E-state index in [4.69, 9.17) is 0 Å². The van der Waals surface area contributed by atoms with Crippen LogP contribution in [-0.2, 0) is 20.2 Å². The third-order valence-corrected chi connectivity index (χ3v) is 10.9. The molecule has 7 rings (SSSR count). The zero-order chi connectivity index (χ0) is 46.6. The Morgan fingerprint density at radius 2 is 1.06 bits per heavy atom. The molecule has 0 spiro atoms. The van der Waals surface area contributed by atoms with Crippen LogP contribution < -0.4 is 21.5 Å². The lowest BCUT2D eigenvalue weighted by Gasteiger charge is -2.14. The van der Waals surface area contributed by atoms with Gasteiger partial charge in [-0.15, -0.1) is 10.2 Å². The van der Waals surface area contributed by atoms with Crippen LogP contribution in [0.1, 0.15) is 0 Å². The number of non-ortho nitro benzene ring substituents is 2. The topological polar surface area (TPSA) is 353 Å². The Bertz CT molecular complexity index is 3320. The molecule has 0 unspecified atom stereocenters. The van der Waals surface area contributed by atoms with Crippen molar-refractivity contribution in [2.75, 3.05) is 21.5 Å². The van der Waals surface area contributed by atoms with Crippen molar-refractivity contribution < 1.29 is 51.1 Å². The Morgan fingerprint density at radius 1 is 0.492 bits per heavy atom. The van der Waals surface area contributed by atoms with Gasteiger partial charge in [-0.05, 0) is 96.4 Å². The van der Waals surface area contributed by atoms with Crippen LogP contribution in [0.5, 0.6) is 17.2 Å². The SMILES string of the molecule is O=[N+]([O-])c1ccc(N=Nc2c(S(=O)(=O)O)cc3cc(N=Nc4ccc(Nc5ccc(NNc6ccc(Nc7ccc([N+](=O)[O-])cc7S(=O)(=O)O)cc6)c(O)c5)cc4O)ccc3c2O)cc1. The fourth-order valence-corrected chi connectivity index (χ4v) is 7.32. The molecular formula is C40H30N10O13S2. The molecule has 23 nitrogen and oxygen atoms in total. The van der Waals surface area contributed by atoms with Gasteiger partial charge in [0.2, 0.25) is 0 Å². The van der Waals surface area contributed by atoms with E-state index in [1.54, 1.807) is 42.5 Å². The van der Waals surface area contributed by atoms with Crippen molar-refractivity contribution in [2.24, 2.45) is 20.5 Å². The molecule has 330 valence electrons. The molecule has 0 aliphatic heterocycles. The minimum absolute atomic E-state index is 0.0469. The highest BCUT2D eigenvalue weighted by atomic mass is 32.2. The van der Waals surface area contributed by atoms with E-state index in [0.717, 1.165) is 36.4 Å². The van der Waals surface area contributed by atoms with Gasteiger partial charge in [-0.1, -0.05) is 0 Å². The summed E-state index contributed by atoms with van der Waals surface area (Å²) in [7, 11) is -9.74. The molecule has 0 radical (unpaired) electrons. The number of anilines is 6. The fraction of sp³-hybridized carbons (Fsp3) is 0. The van der Waals surface area contributed by atoms with Crippen molar-refractivity contribution in [3.8, 4) is 17.2 Å². The van der Waals surface area contributed by atoms with E-state index in [1.807, 2.05) is 0 Å². The molecule has 7 aromatic carbocycles. The molecule has 0 amide bonds. The number of azo groups is 2. The van der Waals surface area contributed by atoms with Crippen LogP contribution in [0.25, 0.3) is 10.8 Å². The lowest BCUT2D eigenvalue weighted by Crippen LogP contribution is -2.09. The highest BCUT2D eigenvalue weighted by molar-refractivity contribution is 7.86. The zero-order valence-corrected chi connectivity index (χ0v) is 34.3. The molecular weight excluding hydrogens is 893 g/mol. The van der Waals surface area contributed by atoms with Gasteiger partial charge in [0.05, 0.1) is 38.3 Å². The zero-order valence-electron chi connectivity index (χ0n) is 32.6. The van der Waals surface area contributed by atoms with Gasteiger partial charge in [-0.3, -0.25) is 34.8 Å². The van der Waals surface area contributed by atoms with Gasteiger partial charge >= 0.3 is 0 Å². The van der Waals surface area contributed by atoms with Crippen molar-refractivity contribution in [1.82, 2.24) is 0 Å². The number of rotatable bonds is 15. The van der Waals surface area contributed by atoms with E-state index in [-0.39, 0.29) is 56.4 Å². The summed E-state index contributed by atoms with van der Waals surface area (Å²) in [5.74, 6) is -1.08. The fourth-order valence-electron chi connectivity index (χ4n) is 6.00. The van der Waals surface area contributed by atoms with Gasteiger partial charge < -0.3 is 31.4 Å². The number of aromatic hydroxyl groups is 3. The quantitative estimate of drug-likeness (QED) is 0.0152. The van der Waals surface area contributed by atoms with Crippen LogP contribution in [-0.4, -0.2) is 51.1 Å². The summed E-state index contributed by atoms with van der Waals surface area (Å²) in [6.07, 6.45) is 0. The third-order valence-electron chi connectivity index (χ3n) is 9.13. The van der Waals surface area contributed by atoms with E-state index in [9.17, 15) is 61.5 Å². The van der Waals surface area contributed by atoms with Crippen LogP contribution in [0.15, 0.2) is 158 Å². The average molecular weight is 923 g/mol. The summed E-state index contributed by atoms with van der Waals surface area (Å²) < 4.78 is 67.8. The number of phenols is 3. The van der Waals surface area contributed by atoms with Crippen molar-refractivity contribution >= 4 is 99.3 Å². The minimum atomic E-state index is -4.95. The molecule has 25 heteroatoms. The van der Waals surface area contributed by atoms with Crippen molar-refractivity contribution in [3.63, 3.8) is 0 Å². The first-order valence-corrected chi connectivity index (χ1v) is 21.1. The van der Waals surface area contributed by atoms with Gasteiger partial charge in [0.25, 0.3) is 31.6 Å². The molecule has 7 aromatic rings. The largest absolute Gasteiger partial charge is 0.506 e. The number of hydrogen-bond donors (Lipinski definition) is 9.